The van der Waals surface area contributed by atoms with E-state index in [4.69, 9.17) is 0 Å². The molecule has 1 aromatic heterocycles. The second-order valence-electron chi connectivity index (χ2n) is 3.13. The molecule has 5 heteroatoms. The largest absolute Gasteiger partial charge is 4.00 e. The molecule has 0 aliphatic heterocycles. The molecule has 0 atom stereocenters. The van der Waals surface area contributed by atoms with Gasteiger partial charge in [-0.3, -0.25) is 0 Å². The van der Waals surface area contributed by atoms with E-state index >= 15 is 0 Å². The van der Waals surface area contributed by atoms with Crippen LogP contribution in [-0.4, -0.2) is 4.98 Å². The van der Waals surface area contributed by atoms with Crippen LogP contribution < -0.4 is 37.2 Å². The average Bonchev–Trinajstić information content (AvgIpc) is 2.56. The third-order valence-electron chi connectivity index (χ3n) is 2.33. The number of nitrogens with one attached hydrogen (secondary N) is 1. The first-order chi connectivity index (χ1) is 6.45. The molecule has 0 unspecified atom stereocenters. The molecule has 3 aromatic rings. The number of fused-ring (bicyclic) bond motifs is 3. The van der Waals surface area contributed by atoms with Gasteiger partial charge >= 0.3 is 26.2 Å². The second-order valence-corrected chi connectivity index (χ2v) is 3.13. The van der Waals surface area contributed by atoms with Crippen molar-refractivity contribution in [1.82, 2.24) is 4.98 Å². The monoisotopic (exact) mass is 361 g/mol. The SMILES string of the molecule is [Cl-].[Cl-].[Cl-].[Zr+4].[c-]1cccc2c1[nH]c1ccccc12. The summed E-state index contributed by atoms with van der Waals surface area (Å²) in [5.74, 6) is 0. The molecule has 0 fully saturated rings. The maximum atomic E-state index is 3.32. The fraction of sp³-hybridized carbons (Fsp3) is 0. The number of para-hydroxylation sites is 2. The Hall–Kier alpha value is -0.00688. The number of hydrogen-bond acceptors (Lipinski definition) is 0. The molecule has 1 nitrogen and oxygen atoms in total. The molecule has 0 bridgehead atoms. The van der Waals surface area contributed by atoms with Crippen LogP contribution in [0.5, 0.6) is 0 Å². The van der Waals surface area contributed by atoms with Crippen LogP contribution in [0.3, 0.4) is 0 Å². The van der Waals surface area contributed by atoms with E-state index in [0.717, 1.165) is 5.52 Å². The zero-order chi connectivity index (χ0) is 8.67. The van der Waals surface area contributed by atoms with Crippen LogP contribution in [0, 0.1) is 6.07 Å². The van der Waals surface area contributed by atoms with Gasteiger partial charge in [-0.05, 0) is 11.5 Å². The van der Waals surface area contributed by atoms with Crippen molar-refractivity contribution in [3.05, 3.63) is 48.5 Å². The Labute approximate surface area is 138 Å². The summed E-state index contributed by atoms with van der Waals surface area (Å²) in [5.41, 5.74) is 2.27. The van der Waals surface area contributed by atoms with E-state index in [1.54, 1.807) is 0 Å². The summed E-state index contributed by atoms with van der Waals surface area (Å²) in [6.45, 7) is 0. The fourth-order valence-electron chi connectivity index (χ4n) is 1.73. The Balaban J connectivity index is 0. The van der Waals surface area contributed by atoms with Crippen LogP contribution in [0.4, 0.5) is 0 Å². The van der Waals surface area contributed by atoms with Gasteiger partial charge in [0.25, 0.3) is 0 Å². The Morgan fingerprint density at radius 1 is 0.824 bits per heavy atom. The van der Waals surface area contributed by atoms with Gasteiger partial charge in [0.2, 0.25) is 0 Å². The van der Waals surface area contributed by atoms with Crippen molar-refractivity contribution in [3.8, 4) is 0 Å². The second kappa shape index (κ2) is 8.16. The topological polar surface area (TPSA) is 15.8 Å². The van der Waals surface area contributed by atoms with Gasteiger partial charge < -0.3 is 42.2 Å². The van der Waals surface area contributed by atoms with Crippen molar-refractivity contribution in [2.45, 2.75) is 0 Å². The van der Waals surface area contributed by atoms with Gasteiger partial charge in [0.15, 0.2) is 0 Å². The molecule has 3 rings (SSSR count). The number of hydrogen-bond donors (Lipinski definition) is 1. The predicted octanol–water partition coefficient (Wildman–Crippen LogP) is -5.87. The summed E-state index contributed by atoms with van der Waals surface area (Å²) in [6.07, 6.45) is 0. The van der Waals surface area contributed by atoms with Crippen LogP contribution in [0.25, 0.3) is 21.8 Å². The molecule has 86 valence electrons. The summed E-state index contributed by atoms with van der Waals surface area (Å²) < 4.78 is 0. The average molecular weight is 364 g/mol. The molecular formula is C12H8Cl3NZr. The molecule has 0 aliphatic carbocycles. The summed E-state index contributed by atoms with van der Waals surface area (Å²) in [5, 5.41) is 2.52. The van der Waals surface area contributed by atoms with Gasteiger partial charge in [0.1, 0.15) is 0 Å². The molecule has 0 radical (unpaired) electrons. The predicted molar refractivity (Wildman–Crippen MR) is 54.6 cm³/mol. The summed E-state index contributed by atoms with van der Waals surface area (Å²) in [4.78, 5) is 3.32. The zero-order valence-corrected chi connectivity index (χ0v) is 13.4. The summed E-state index contributed by atoms with van der Waals surface area (Å²) in [7, 11) is 0. The van der Waals surface area contributed by atoms with Gasteiger partial charge in [0, 0.05) is 5.52 Å². The minimum Gasteiger partial charge on any atom is -1.00 e. The minimum absolute atomic E-state index is 0. The number of aromatic amines is 1. The number of rotatable bonds is 0. The van der Waals surface area contributed by atoms with Crippen LogP contribution in [0.15, 0.2) is 42.5 Å². The maximum absolute atomic E-state index is 3.32. The summed E-state index contributed by atoms with van der Waals surface area (Å²) >= 11 is 0. The van der Waals surface area contributed by atoms with Gasteiger partial charge in [0.05, 0.1) is 0 Å². The smallest absolute Gasteiger partial charge is 1.00 e. The maximum Gasteiger partial charge on any atom is 4.00 e. The van der Waals surface area contributed by atoms with Crippen molar-refractivity contribution < 1.29 is 63.4 Å². The van der Waals surface area contributed by atoms with E-state index in [1.165, 1.54) is 16.3 Å². The molecule has 1 heterocycles. The number of aromatic nitrogens is 1. The van der Waals surface area contributed by atoms with Crippen molar-refractivity contribution in [2.75, 3.05) is 0 Å². The van der Waals surface area contributed by atoms with Crippen molar-refractivity contribution in [1.29, 1.82) is 0 Å². The first-order valence-electron chi connectivity index (χ1n) is 4.32. The van der Waals surface area contributed by atoms with Gasteiger partial charge in [-0.2, -0.15) is 24.3 Å². The quantitative estimate of drug-likeness (QED) is 0.383. The molecule has 1 N–H and O–H groups in total. The third-order valence-corrected chi connectivity index (χ3v) is 2.33. The minimum atomic E-state index is 0. The van der Waals surface area contributed by atoms with Crippen molar-refractivity contribution in [3.63, 3.8) is 0 Å². The standard InChI is InChI=1S/C12H8N.3ClH.Zr/c1-3-7-11-9(5-1)10-6-2-4-8-12(10)13-11;;;;/h1-7,13H;3*1H;/q-1;;;;+4/p-3. The zero-order valence-electron chi connectivity index (χ0n) is 8.68. The molecule has 0 amide bonds. The Bertz CT molecular complexity index is 530. The van der Waals surface area contributed by atoms with E-state index in [1.807, 2.05) is 18.2 Å². The molecule has 2 aromatic carbocycles. The van der Waals surface area contributed by atoms with E-state index in [2.05, 4.69) is 35.3 Å². The van der Waals surface area contributed by atoms with Crippen LogP contribution in [0.2, 0.25) is 0 Å². The first-order valence-corrected chi connectivity index (χ1v) is 4.32. The third kappa shape index (κ3) is 3.48. The molecule has 0 spiro atoms. The molecular weight excluding hydrogens is 356 g/mol. The van der Waals surface area contributed by atoms with Gasteiger partial charge in [-0.25, -0.2) is 0 Å². The molecule has 17 heavy (non-hydrogen) atoms. The first kappa shape index (κ1) is 19.3. The number of halogens is 3. The molecule has 0 saturated carbocycles. The summed E-state index contributed by atoms with van der Waals surface area (Å²) in [6, 6.07) is 17.6. The van der Waals surface area contributed by atoms with E-state index in [0.29, 0.717) is 0 Å². The molecule has 0 aliphatic rings. The Morgan fingerprint density at radius 2 is 1.47 bits per heavy atom. The number of benzene rings is 2. The van der Waals surface area contributed by atoms with Gasteiger partial charge in [-0.15, -0.1) is 5.39 Å². The van der Waals surface area contributed by atoms with Crippen molar-refractivity contribution >= 4 is 21.8 Å². The van der Waals surface area contributed by atoms with Crippen molar-refractivity contribution in [2.24, 2.45) is 0 Å². The van der Waals surface area contributed by atoms with Gasteiger partial charge in [-0.1, -0.05) is 23.7 Å². The van der Waals surface area contributed by atoms with E-state index in [9.17, 15) is 0 Å². The van der Waals surface area contributed by atoms with E-state index < -0.39 is 0 Å². The Kier molecular flexibility index (Phi) is 9.28. The fourth-order valence-corrected chi connectivity index (χ4v) is 1.73. The number of H-pyrrole nitrogens is 1. The van der Waals surface area contributed by atoms with Crippen LogP contribution in [0.1, 0.15) is 0 Å². The molecule has 0 saturated heterocycles. The van der Waals surface area contributed by atoms with Crippen LogP contribution in [-0.2, 0) is 26.2 Å². The van der Waals surface area contributed by atoms with Crippen LogP contribution >= 0.6 is 0 Å². The normalized spacial score (nSPS) is 8.47. The Morgan fingerprint density at radius 3 is 2.24 bits per heavy atom. The van der Waals surface area contributed by atoms with E-state index in [-0.39, 0.29) is 63.4 Å².